The fraction of sp³-hybridized carbons (Fsp3) is 0.611. The second kappa shape index (κ2) is 7.75. The van der Waals surface area contributed by atoms with Crippen LogP contribution in [0.3, 0.4) is 0 Å². The molecule has 1 saturated heterocycles. The van der Waals surface area contributed by atoms with Crippen molar-refractivity contribution < 1.29 is 9.59 Å². The zero-order chi connectivity index (χ0) is 18.8. The average Bonchev–Trinajstić information content (AvgIpc) is 3.24. The van der Waals surface area contributed by atoms with Crippen LogP contribution in [0.2, 0.25) is 0 Å². The molecule has 2 atom stereocenters. The molecule has 2 amide bonds. The predicted molar refractivity (Wildman–Crippen MR) is 102 cm³/mol. The molecule has 0 radical (unpaired) electrons. The highest BCUT2D eigenvalue weighted by Gasteiger charge is 2.42. The minimum Gasteiger partial charge on any atom is -0.384 e. The predicted octanol–water partition coefficient (Wildman–Crippen LogP) is 0.906. The molecule has 0 saturated carbocycles. The Morgan fingerprint density at radius 1 is 1.42 bits per heavy atom. The molecule has 1 fully saturated rings. The van der Waals surface area contributed by atoms with Crippen molar-refractivity contribution in [1.82, 2.24) is 15.1 Å². The molecule has 0 spiro atoms. The van der Waals surface area contributed by atoms with Crippen molar-refractivity contribution in [2.45, 2.75) is 51.2 Å². The van der Waals surface area contributed by atoms with Crippen LogP contribution in [0.25, 0.3) is 0 Å². The number of nitrogen functional groups attached to an aromatic ring is 1. The number of thiophene rings is 1. The number of nitrogens with zero attached hydrogens (tertiary/aromatic N) is 2. The molecule has 1 aromatic heterocycles. The minimum absolute atomic E-state index is 0.00267. The zero-order valence-corrected chi connectivity index (χ0v) is 16.2. The van der Waals surface area contributed by atoms with Crippen molar-refractivity contribution in [1.29, 1.82) is 5.41 Å². The van der Waals surface area contributed by atoms with Gasteiger partial charge < -0.3 is 20.9 Å². The van der Waals surface area contributed by atoms with E-state index in [0.717, 1.165) is 35.3 Å². The van der Waals surface area contributed by atoms with Crippen LogP contribution in [0, 0.1) is 5.41 Å². The topological polar surface area (TPSA) is 103 Å². The lowest BCUT2D eigenvalue weighted by Crippen LogP contribution is -2.52. The molecule has 7 nitrogen and oxygen atoms in total. The summed E-state index contributed by atoms with van der Waals surface area (Å²) in [5.74, 6) is 0.143. The summed E-state index contributed by atoms with van der Waals surface area (Å²) in [6, 6.07) is -0.203. The first kappa shape index (κ1) is 18.8. The molecule has 8 heteroatoms. The Labute approximate surface area is 158 Å². The molecule has 3 heterocycles. The maximum Gasteiger partial charge on any atom is 0.245 e. The molecule has 2 unspecified atom stereocenters. The van der Waals surface area contributed by atoms with Crippen LogP contribution < -0.4 is 11.1 Å². The van der Waals surface area contributed by atoms with Crippen LogP contribution in [-0.2, 0) is 22.6 Å². The summed E-state index contributed by atoms with van der Waals surface area (Å²) in [5, 5.41) is 12.5. The Hall–Kier alpha value is -1.93. The first-order valence-corrected chi connectivity index (χ1v) is 10.0. The second-order valence-electron chi connectivity index (χ2n) is 6.96. The van der Waals surface area contributed by atoms with Crippen molar-refractivity contribution in [2.75, 3.05) is 20.1 Å². The average molecular weight is 378 g/mol. The summed E-state index contributed by atoms with van der Waals surface area (Å²) in [6.07, 6.45) is 3.21. The van der Waals surface area contributed by atoms with Crippen molar-refractivity contribution in [2.24, 2.45) is 5.73 Å². The number of nitrogens with two attached hydrogens (primary N) is 1. The number of hydrogen-bond acceptors (Lipinski definition) is 5. The lowest BCUT2D eigenvalue weighted by Gasteiger charge is -2.34. The van der Waals surface area contributed by atoms with Crippen LogP contribution in [0.15, 0.2) is 5.38 Å². The van der Waals surface area contributed by atoms with Gasteiger partial charge in [0.15, 0.2) is 0 Å². The van der Waals surface area contributed by atoms with Gasteiger partial charge in [-0.15, -0.1) is 11.3 Å². The van der Waals surface area contributed by atoms with E-state index in [0.29, 0.717) is 19.5 Å². The van der Waals surface area contributed by atoms with Crippen LogP contribution in [0.4, 0.5) is 0 Å². The fourth-order valence-corrected chi connectivity index (χ4v) is 5.21. The van der Waals surface area contributed by atoms with Gasteiger partial charge in [0.05, 0.1) is 13.1 Å². The Morgan fingerprint density at radius 2 is 2.19 bits per heavy atom. The number of likely N-dealkylation sites (tertiary alicyclic amines) is 1. The van der Waals surface area contributed by atoms with E-state index < -0.39 is 0 Å². The maximum atomic E-state index is 13.2. The molecule has 0 aliphatic carbocycles. The van der Waals surface area contributed by atoms with Gasteiger partial charge >= 0.3 is 0 Å². The van der Waals surface area contributed by atoms with Crippen LogP contribution in [-0.4, -0.2) is 59.7 Å². The Bertz CT molecular complexity index is 716. The van der Waals surface area contributed by atoms with Crippen molar-refractivity contribution in [3.63, 3.8) is 0 Å². The van der Waals surface area contributed by atoms with E-state index in [9.17, 15) is 9.59 Å². The van der Waals surface area contributed by atoms with Gasteiger partial charge in [-0.25, -0.2) is 0 Å². The van der Waals surface area contributed by atoms with Gasteiger partial charge in [0.1, 0.15) is 11.9 Å². The highest BCUT2D eigenvalue weighted by atomic mass is 32.1. The highest BCUT2D eigenvalue weighted by molar-refractivity contribution is 7.10. The third-order valence-electron chi connectivity index (χ3n) is 5.42. The van der Waals surface area contributed by atoms with Gasteiger partial charge in [0.25, 0.3) is 0 Å². The SMILES string of the molecule is CCC1CCC(C(=O)N2CCc3c(C(=N)N)csc3C2)N1C(=O)CNC. The molecule has 26 heavy (non-hydrogen) atoms. The third-order valence-corrected chi connectivity index (χ3v) is 6.44. The van der Waals surface area contributed by atoms with Crippen LogP contribution in [0.1, 0.15) is 42.2 Å². The molecule has 2 aliphatic rings. The number of amidine groups is 1. The number of fused-ring (bicyclic) bond motifs is 1. The first-order chi connectivity index (χ1) is 12.5. The number of carbonyl (C=O) groups is 2. The van der Waals surface area contributed by atoms with E-state index in [2.05, 4.69) is 12.2 Å². The summed E-state index contributed by atoms with van der Waals surface area (Å²) < 4.78 is 0. The molecule has 0 bridgehead atoms. The number of rotatable bonds is 5. The molecule has 4 N–H and O–H groups in total. The molecular formula is C18H27N5O2S. The summed E-state index contributed by atoms with van der Waals surface area (Å²) in [7, 11) is 1.75. The van der Waals surface area contributed by atoms with E-state index in [1.807, 2.05) is 15.2 Å². The van der Waals surface area contributed by atoms with Gasteiger partial charge in [-0.05, 0) is 38.3 Å². The molecule has 0 aromatic carbocycles. The van der Waals surface area contributed by atoms with E-state index >= 15 is 0 Å². The summed E-state index contributed by atoms with van der Waals surface area (Å²) in [4.78, 5) is 30.5. The summed E-state index contributed by atoms with van der Waals surface area (Å²) in [6.45, 7) is 3.49. The van der Waals surface area contributed by atoms with Gasteiger partial charge in [0, 0.05) is 28.4 Å². The quantitative estimate of drug-likeness (QED) is 0.524. The molecule has 1 aromatic rings. The van der Waals surface area contributed by atoms with Crippen molar-refractivity contribution in [3.8, 4) is 0 Å². The third kappa shape index (κ3) is 3.35. The van der Waals surface area contributed by atoms with Crippen LogP contribution >= 0.6 is 11.3 Å². The number of amides is 2. The van der Waals surface area contributed by atoms with Crippen molar-refractivity contribution in [3.05, 3.63) is 21.4 Å². The zero-order valence-electron chi connectivity index (χ0n) is 15.4. The number of carbonyl (C=O) groups excluding carboxylic acids is 2. The van der Waals surface area contributed by atoms with Gasteiger partial charge in [-0.1, -0.05) is 6.92 Å². The molecule has 3 rings (SSSR count). The van der Waals surface area contributed by atoms with Gasteiger partial charge in [-0.3, -0.25) is 15.0 Å². The minimum atomic E-state index is -0.352. The first-order valence-electron chi connectivity index (χ1n) is 9.16. The second-order valence-corrected chi connectivity index (χ2v) is 7.93. The molecule has 142 valence electrons. The Kier molecular flexibility index (Phi) is 5.62. The van der Waals surface area contributed by atoms with E-state index in [1.54, 1.807) is 18.4 Å². The molecular weight excluding hydrogens is 350 g/mol. The van der Waals surface area contributed by atoms with Gasteiger partial charge in [-0.2, -0.15) is 0 Å². The standard InChI is InChI=1S/C18H27N5O2S/c1-3-11-4-5-14(23(11)16(24)8-21-2)18(25)22-7-6-12-13(17(19)20)10-26-15(12)9-22/h10-11,14,21H,3-9H2,1-2H3,(H3,19,20). The highest BCUT2D eigenvalue weighted by Crippen LogP contribution is 2.32. The summed E-state index contributed by atoms with van der Waals surface area (Å²) in [5.41, 5.74) is 7.55. The maximum absolute atomic E-state index is 13.2. The Balaban J connectivity index is 1.76. The van der Waals surface area contributed by atoms with Gasteiger partial charge in [0.2, 0.25) is 11.8 Å². The van der Waals surface area contributed by atoms with E-state index in [-0.39, 0.29) is 36.3 Å². The lowest BCUT2D eigenvalue weighted by atomic mass is 10.0. The number of nitrogens with one attached hydrogen (secondary N) is 2. The molecule has 2 aliphatic heterocycles. The largest absolute Gasteiger partial charge is 0.384 e. The monoisotopic (exact) mass is 377 g/mol. The number of likely N-dealkylation sites (N-methyl/N-ethyl adjacent to an activating group) is 1. The normalized spacial score (nSPS) is 22.4. The number of hydrogen-bond donors (Lipinski definition) is 3. The van der Waals surface area contributed by atoms with Crippen LogP contribution in [0.5, 0.6) is 0 Å². The Morgan fingerprint density at radius 3 is 2.85 bits per heavy atom. The smallest absolute Gasteiger partial charge is 0.245 e. The van der Waals surface area contributed by atoms with E-state index in [4.69, 9.17) is 11.1 Å². The lowest BCUT2D eigenvalue weighted by molar-refractivity contribution is -0.145. The fourth-order valence-electron chi connectivity index (χ4n) is 4.10. The van der Waals surface area contributed by atoms with E-state index in [1.165, 1.54) is 0 Å². The summed E-state index contributed by atoms with van der Waals surface area (Å²) >= 11 is 1.56. The van der Waals surface area contributed by atoms with Crippen molar-refractivity contribution >= 4 is 29.0 Å².